The van der Waals surface area contributed by atoms with Gasteiger partial charge in [0.25, 0.3) is 0 Å². The van der Waals surface area contributed by atoms with Crippen LogP contribution in [0.15, 0.2) is 18.2 Å². The summed E-state index contributed by atoms with van der Waals surface area (Å²) in [5.41, 5.74) is 0.996. The highest BCUT2D eigenvalue weighted by Gasteiger charge is 2.41. The summed E-state index contributed by atoms with van der Waals surface area (Å²) >= 11 is 1.12. The highest BCUT2D eigenvalue weighted by Crippen LogP contribution is 2.41. The van der Waals surface area contributed by atoms with Crippen molar-refractivity contribution in [2.24, 2.45) is 5.92 Å². The van der Waals surface area contributed by atoms with Gasteiger partial charge in [0.1, 0.15) is 11.4 Å². The van der Waals surface area contributed by atoms with Crippen molar-refractivity contribution in [3.8, 4) is 5.75 Å². The first-order valence-corrected chi connectivity index (χ1v) is 13.2. The predicted octanol–water partition coefficient (Wildman–Crippen LogP) is 6.26. The lowest BCUT2D eigenvalue weighted by atomic mass is 9.82. The van der Waals surface area contributed by atoms with E-state index in [1.54, 1.807) is 13.8 Å². The summed E-state index contributed by atoms with van der Waals surface area (Å²) in [7, 11) is 0. The second-order valence-electron chi connectivity index (χ2n) is 10.0. The van der Waals surface area contributed by atoms with Crippen molar-refractivity contribution in [1.82, 2.24) is 9.88 Å². The first kappa shape index (κ1) is 25.9. The average molecular weight is 511 g/mol. The number of rotatable bonds is 5. The minimum absolute atomic E-state index is 0.254. The van der Waals surface area contributed by atoms with E-state index in [4.69, 9.17) is 4.74 Å². The molecule has 1 aliphatic carbocycles. The molecule has 2 fully saturated rings. The number of carboxylic acids is 1. The van der Waals surface area contributed by atoms with Gasteiger partial charge in [-0.15, -0.1) is 11.3 Å². The van der Waals surface area contributed by atoms with Crippen LogP contribution in [0.3, 0.4) is 0 Å². The maximum Gasteiger partial charge on any atom is 0.434 e. The predicted molar refractivity (Wildman–Crippen MR) is 129 cm³/mol. The standard InChI is InChI=1S/C23H27F3N2O3S.C3H6/c1-14(21(29)30)11-16-3-4-17-5-6-22(31-18(17)12-16)7-9-28(10-8-22)13-19-20(23(24,25)26)27-15(2)32-19;1-2-3-1/h3-4,12,14H,5-11,13H2,1-2H3,(H,29,30);1-3H2. The van der Waals surface area contributed by atoms with Gasteiger partial charge in [-0.2, -0.15) is 13.2 Å². The third kappa shape index (κ3) is 6.76. The number of carboxylic acid groups (broad SMARTS) is 1. The molecular weight excluding hydrogens is 477 g/mol. The molecule has 1 saturated heterocycles. The molecule has 0 bridgehead atoms. The summed E-state index contributed by atoms with van der Waals surface area (Å²) in [6, 6.07) is 5.95. The number of likely N-dealkylation sites (tertiary alicyclic amines) is 1. The molecule has 35 heavy (non-hydrogen) atoms. The lowest BCUT2D eigenvalue weighted by molar-refractivity contribution is -0.142. The molecule has 5 nitrogen and oxygen atoms in total. The fraction of sp³-hybridized carbons (Fsp3) is 0.615. The largest absolute Gasteiger partial charge is 0.487 e. The molecule has 192 valence electrons. The second-order valence-corrected chi connectivity index (χ2v) is 11.3. The van der Waals surface area contributed by atoms with Crippen LogP contribution in [0.1, 0.15) is 72.2 Å². The molecule has 2 aliphatic heterocycles. The number of fused-ring (bicyclic) bond motifs is 1. The zero-order valence-corrected chi connectivity index (χ0v) is 21.1. The third-order valence-corrected chi connectivity index (χ3v) is 7.79. The first-order chi connectivity index (χ1) is 16.5. The SMILES string of the molecule is C1CC1.Cc1nc(C(F)(F)F)c(CN2CCC3(CCc4ccc(CC(C)C(=O)O)cc4O3)CC2)s1. The van der Waals surface area contributed by atoms with Gasteiger partial charge >= 0.3 is 12.1 Å². The van der Waals surface area contributed by atoms with Crippen LogP contribution in [0, 0.1) is 12.8 Å². The lowest BCUT2D eigenvalue weighted by Crippen LogP contribution is -2.49. The monoisotopic (exact) mass is 510 g/mol. The van der Waals surface area contributed by atoms with Crippen molar-refractivity contribution in [3.05, 3.63) is 44.9 Å². The normalized spacial score (nSPS) is 19.8. The summed E-state index contributed by atoms with van der Waals surface area (Å²) in [6.07, 6.45) is 3.79. The van der Waals surface area contributed by atoms with Crippen LogP contribution in [-0.4, -0.2) is 39.7 Å². The van der Waals surface area contributed by atoms with Crippen molar-refractivity contribution in [3.63, 3.8) is 0 Å². The number of thiazole rings is 1. The Balaban J connectivity index is 0.000000894. The van der Waals surface area contributed by atoms with E-state index in [-0.39, 0.29) is 17.0 Å². The highest BCUT2D eigenvalue weighted by molar-refractivity contribution is 7.11. The zero-order valence-electron chi connectivity index (χ0n) is 20.3. The van der Waals surface area contributed by atoms with Gasteiger partial charge in [0.2, 0.25) is 0 Å². The van der Waals surface area contributed by atoms with E-state index in [1.165, 1.54) is 19.3 Å². The summed E-state index contributed by atoms with van der Waals surface area (Å²) in [5.74, 6) is -0.472. The van der Waals surface area contributed by atoms with Crippen LogP contribution >= 0.6 is 11.3 Å². The van der Waals surface area contributed by atoms with E-state index in [9.17, 15) is 23.1 Å². The Labute approximate surface area is 208 Å². The minimum Gasteiger partial charge on any atom is -0.487 e. The van der Waals surface area contributed by atoms with E-state index >= 15 is 0 Å². The number of piperidine rings is 1. The smallest absolute Gasteiger partial charge is 0.434 e. The van der Waals surface area contributed by atoms with E-state index < -0.39 is 23.8 Å². The van der Waals surface area contributed by atoms with E-state index in [0.29, 0.717) is 24.5 Å². The van der Waals surface area contributed by atoms with Gasteiger partial charge in [0.05, 0.1) is 15.8 Å². The Morgan fingerprint density at radius 1 is 1.23 bits per heavy atom. The maximum absolute atomic E-state index is 13.3. The number of carbonyl (C=O) groups is 1. The first-order valence-electron chi connectivity index (χ1n) is 12.3. The van der Waals surface area contributed by atoms with Gasteiger partial charge < -0.3 is 9.84 Å². The number of aryl methyl sites for hydroxylation is 2. The molecule has 0 radical (unpaired) electrons. The fourth-order valence-electron chi connectivity index (χ4n) is 4.59. The van der Waals surface area contributed by atoms with Crippen molar-refractivity contribution in [1.29, 1.82) is 0 Å². The topological polar surface area (TPSA) is 62.7 Å². The molecule has 9 heteroatoms. The number of nitrogens with zero attached hydrogens (tertiary/aromatic N) is 2. The Hall–Kier alpha value is -2.13. The maximum atomic E-state index is 13.3. The molecule has 1 saturated carbocycles. The highest BCUT2D eigenvalue weighted by atomic mass is 32.1. The number of alkyl halides is 3. The molecule has 2 aromatic rings. The summed E-state index contributed by atoms with van der Waals surface area (Å²) in [4.78, 5) is 17.2. The molecule has 1 aromatic heterocycles. The Morgan fingerprint density at radius 2 is 1.91 bits per heavy atom. The molecular formula is C26H33F3N2O3S. The number of halogens is 3. The Morgan fingerprint density at radius 3 is 2.51 bits per heavy atom. The second kappa shape index (κ2) is 10.5. The van der Waals surface area contributed by atoms with Crippen LogP contribution in [0.5, 0.6) is 5.75 Å². The molecule has 1 N–H and O–H groups in total. The van der Waals surface area contributed by atoms with E-state index in [1.807, 2.05) is 18.2 Å². The minimum atomic E-state index is -4.43. The number of aliphatic carboxylic acids is 1. The zero-order chi connectivity index (χ0) is 25.2. The van der Waals surface area contributed by atoms with Gasteiger partial charge in [-0.25, -0.2) is 4.98 Å². The van der Waals surface area contributed by atoms with Gasteiger partial charge in [-0.3, -0.25) is 9.69 Å². The van der Waals surface area contributed by atoms with Crippen molar-refractivity contribution < 1.29 is 27.8 Å². The van der Waals surface area contributed by atoms with Crippen LogP contribution in [-0.2, 0) is 30.4 Å². The van der Waals surface area contributed by atoms with Gasteiger partial charge in [-0.05, 0) is 56.2 Å². The van der Waals surface area contributed by atoms with E-state index in [2.05, 4.69) is 9.88 Å². The summed E-state index contributed by atoms with van der Waals surface area (Å²) < 4.78 is 46.3. The number of aromatic nitrogens is 1. The van der Waals surface area contributed by atoms with E-state index in [0.717, 1.165) is 53.9 Å². The van der Waals surface area contributed by atoms with Crippen molar-refractivity contribution in [2.45, 2.75) is 83.5 Å². The Kier molecular flexibility index (Phi) is 7.76. The van der Waals surface area contributed by atoms with Crippen LogP contribution in [0.25, 0.3) is 0 Å². The van der Waals surface area contributed by atoms with Gasteiger partial charge in [-0.1, -0.05) is 38.3 Å². The van der Waals surface area contributed by atoms with Crippen molar-refractivity contribution in [2.75, 3.05) is 13.1 Å². The molecule has 1 atom stereocenters. The molecule has 0 amide bonds. The Bertz CT molecular complexity index is 1040. The van der Waals surface area contributed by atoms with Crippen LogP contribution in [0.4, 0.5) is 13.2 Å². The van der Waals surface area contributed by atoms with Gasteiger partial charge in [0.15, 0.2) is 5.69 Å². The quantitative estimate of drug-likeness (QED) is 0.514. The third-order valence-electron chi connectivity index (χ3n) is 6.83. The molecule has 1 aromatic carbocycles. The van der Waals surface area contributed by atoms with Crippen LogP contribution in [0.2, 0.25) is 0 Å². The molecule has 3 aliphatic rings. The summed E-state index contributed by atoms with van der Waals surface area (Å²) in [6.45, 7) is 4.88. The number of ether oxygens (including phenoxy) is 1. The fourth-order valence-corrected chi connectivity index (χ4v) is 5.59. The molecule has 3 heterocycles. The van der Waals surface area contributed by atoms with Gasteiger partial charge in [0, 0.05) is 19.6 Å². The van der Waals surface area contributed by atoms with Crippen molar-refractivity contribution >= 4 is 17.3 Å². The number of hydrogen-bond donors (Lipinski definition) is 1. The molecule has 1 unspecified atom stereocenters. The lowest BCUT2D eigenvalue weighted by Gasteiger charge is -2.44. The number of hydrogen-bond acceptors (Lipinski definition) is 5. The summed E-state index contributed by atoms with van der Waals surface area (Å²) in [5, 5.41) is 9.60. The molecule has 5 rings (SSSR count). The number of benzene rings is 1. The molecule has 1 spiro atoms. The average Bonchev–Trinajstić information content (AvgIpc) is 3.63. The van der Waals surface area contributed by atoms with Crippen LogP contribution < -0.4 is 4.74 Å².